The first-order chi connectivity index (χ1) is 9.99. The van der Waals surface area contributed by atoms with Gasteiger partial charge in [0, 0.05) is 4.47 Å². The third kappa shape index (κ3) is 2.56. The van der Waals surface area contributed by atoms with Gasteiger partial charge in [-0.2, -0.15) is 0 Å². The van der Waals surface area contributed by atoms with Gasteiger partial charge < -0.3 is 0 Å². The molecule has 0 fully saturated rings. The largest absolute Gasteiger partial charge is 0.292 e. The Balaban J connectivity index is 2.41. The van der Waals surface area contributed by atoms with Crippen LogP contribution in [0, 0.1) is 5.82 Å². The molecule has 0 aliphatic heterocycles. The Morgan fingerprint density at radius 3 is 2.76 bits per heavy atom. The van der Waals surface area contributed by atoms with E-state index in [2.05, 4.69) is 20.9 Å². The summed E-state index contributed by atoms with van der Waals surface area (Å²) in [6.45, 7) is 1.80. The second-order valence-corrected chi connectivity index (χ2v) is 6.60. The van der Waals surface area contributed by atoms with Crippen LogP contribution in [0.3, 0.4) is 0 Å². The van der Waals surface area contributed by atoms with Gasteiger partial charge in [0.25, 0.3) is 0 Å². The number of imidazole rings is 1. The highest BCUT2D eigenvalue weighted by Gasteiger charge is 2.19. The van der Waals surface area contributed by atoms with Gasteiger partial charge in [0.1, 0.15) is 5.82 Å². The lowest BCUT2D eigenvalue weighted by Gasteiger charge is -2.12. The topological polar surface area (TPSA) is 17.8 Å². The van der Waals surface area contributed by atoms with Gasteiger partial charge in [-0.1, -0.05) is 33.6 Å². The predicted molar refractivity (Wildman–Crippen MR) is 88.0 cm³/mol. The Kier molecular flexibility index (Phi) is 3.95. The van der Waals surface area contributed by atoms with Crippen LogP contribution < -0.4 is 0 Å². The zero-order valence-corrected chi connectivity index (χ0v) is 14.0. The number of nitrogens with zero attached hydrogens (tertiary/aromatic N) is 2. The average Bonchev–Trinajstić information content (AvgIpc) is 2.80. The second-order valence-electron chi connectivity index (χ2n) is 4.63. The lowest BCUT2D eigenvalue weighted by Crippen LogP contribution is -2.04. The van der Waals surface area contributed by atoms with Crippen molar-refractivity contribution in [2.45, 2.75) is 12.3 Å². The molecule has 0 radical (unpaired) electrons. The number of alkyl halides is 1. The molecule has 6 heteroatoms. The maximum atomic E-state index is 14.4. The summed E-state index contributed by atoms with van der Waals surface area (Å²) in [6.07, 6.45) is 0. The first-order valence-corrected chi connectivity index (χ1v) is 7.86. The first kappa shape index (κ1) is 14.8. The Morgan fingerprint density at radius 2 is 2.05 bits per heavy atom. The zero-order valence-electron chi connectivity index (χ0n) is 10.9. The minimum atomic E-state index is -0.489. The van der Waals surface area contributed by atoms with Crippen molar-refractivity contribution in [3.05, 3.63) is 57.5 Å². The third-order valence-corrected chi connectivity index (χ3v) is 4.15. The SMILES string of the molecule is CC(Cl)c1nc2ccc(Br)cc2n1-c1cccc(Cl)c1F. The van der Waals surface area contributed by atoms with E-state index in [0.717, 1.165) is 15.5 Å². The molecule has 21 heavy (non-hydrogen) atoms. The minimum absolute atomic E-state index is 0.0672. The number of hydrogen-bond acceptors (Lipinski definition) is 1. The van der Waals surface area contributed by atoms with Gasteiger partial charge in [-0.25, -0.2) is 9.37 Å². The van der Waals surface area contributed by atoms with E-state index in [9.17, 15) is 4.39 Å². The summed E-state index contributed by atoms with van der Waals surface area (Å²) in [5.41, 5.74) is 1.86. The van der Waals surface area contributed by atoms with Gasteiger partial charge >= 0.3 is 0 Å². The van der Waals surface area contributed by atoms with Crippen LogP contribution in [-0.2, 0) is 0 Å². The van der Waals surface area contributed by atoms with Gasteiger partial charge in [0.05, 0.1) is 27.1 Å². The van der Waals surface area contributed by atoms with Crippen molar-refractivity contribution >= 4 is 50.2 Å². The summed E-state index contributed by atoms with van der Waals surface area (Å²) in [7, 11) is 0. The van der Waals surface area contributed by atoms with Crippen LogP contribution in [0.15, 0.2) is 40.9 Å². The van der Waals surface area contributed by atoms with Crippen molar-refractivity contribution in [1.82, 2.24) is 9.55 Å². The van der Waals surface area contributed by atoms with E-state index in [0.29, 0.717) is 11.5 Å². The van der Waals surface area contributed by atoms with Crippen LogP contribution >= 0.6 is 39.1 Å². The lowest BCUT2D eigenvalue weighted by molar-refractivity contribution is 0.617. The second kappa shape index (κ2) is 5.59. The van der Waals surface area contributed by atoms with E-state index >= 15 is 0 Å². The molecule has 2 aromatic carbocycles. The fourth-order valence-corrected chi connectivity index (χ4v) is 2.92. The van der Waals surface area contributed by atoms with Crippen LogP contribution in [0.4, 0.5) is 4.39 Å². The molecular formula is C15H10BrCl2FN2. The fraction of sp³-hybridized carbons (Fsp3) is 0.133. The molecule has 2 nitrogen and oxygen atoms in total. The van der Waals surface area contributed by atoms with Gasteiger partial charge in [-0.05, 0) is 37.3 Å². The Labute approximate surface area is 139 Å². The Morgan fingerprint density at radius 1 is 1.29 bits per heavy atom. The van der Waals surface area contributed by atoms with E-state index in [1.54, 1.807) is 23.6 Å². The molecule has 1 heterocycles. The summed E-state index contributed by atoms with van der Waals surface area (Å²) < 4.78 is 17.0. The molecule has 0 amide bonds. The number of aromatic nitrogens is 2. The highest BCUT2D eigenvalue weighted by Crippen LogP contribution is 2.32. The highest BCUT2D eigenvalue weighted by atomic mass is 79.9. The van der Waals surface area contributed by atoms with E-state index in [1.807, 2.05) is 18.2 Å². The minimum Gasteiger partial charge on any atom is -0.292 e. The van der Waals surface area contributed by atoms with E-state index in [1.165, 1.54) is 6.07 Å². The number of hydrogen-bond donors (Lipinski definition) is 0. The maximum Gasteiger partial charge on any atom is 0.165 e. The van der Waals surface area contributed by atoms with Crippen molar-refractivity contribution in [3.8, 4) is 5.69 Å². The van der Waals surface area contributed by atoms with Crippen LogP contribution in [0.1, 0.15) is 18.1 Å². The molecule has 3 rings (SSSR count). The van der Waals surface area contributed by atoms with Gasteiger partial charge in [-0.3, -0.25) is 4.57 Å². The molecular weight excluding hydrogens is 378 g/mol. The molecule has 0 saturated heterocycles. The van der Waals surface area contributed by atoms with Crippen LogP contribution in [0.5, 0.6) is 0 Å². The quantitative estimate of drug-likeness (QED) is 0.502. The van der Waals surface area contributed by atoms with Gasteiger partial charge in [-0.15, -0.1) is 11.6 Å². The summed E-state index contributed by atoms with van der Waals surface area (Å²) in [5.74, 6) is 0.0861. The average molecular weight is 388 g/mol. The number of fused-ring (bicyclic) bond motifs is 1. The smallest absolute Gasteiger partial charge is 0.165 e. The van der Waals surface area contributed by atoms with Crippen molar-refractivity contribution < 1.29 is 4.39 Å². The molecule has 0 aliphatic carbocycles. The molecule has 3 aromatic rings. The molecule has 0 bridgehead atoms. The number of halogens is 4. The molecule has 1 atom stereocenters. The third-order valence-electron chi connectivity index (χ3n) is 3.17. The summed E-state index contributed by atoms with van der Waals surface area (Å²) >= 11 is 15.5. The van der Waals surface area contributed by atoms with Gasteiger partial charge in [0.15, 0.2) is 5.82 Å². The Bertz CT molecular complexity index is 830. The fourth-order valence-electron chi connectivity index (χ4n) is 2.25. The van der Waals surface area contributed by atoms with Crippen LogP contribution in [-0.4, -0.2) is 9.55 Å². The molecule has 0 saturated carbocycles. The predicted octanol–water partition coefficient (Wildman–Crippen LogP) is 5.88. The van der Waals surface area contributed by atoms with Crippen LogP contribution in [0.2, 0.25) is 5.02 Å². The molecule has 0 spiro atoms. The highest BCUT2D eigenvalue weighted by molar-refractivity contribution is 9.10. The summed E-state index contributed by atoms with van der Waals surface area (Å²) in [5, 5.41) is -0.299. The standard InChI is InChI=1S/C15H10BrCl2FN2/c1-8(17)15-20-11-6-5-9(16)7-13(11)21(15)12-4-2-3-10(18)14(12)19/h2-8H,1H3. The van der Waals surface area contributed by atoms with Crippen molar-refractivity contribution in [2.24, 2.45) is 0 Å². The molecule has 1 unspecified atom stereocenters. The normalized spacial score (nSPS) is 12.8. The Hall–Kier alpha value is -1.10. The molecule has 0 N–H and O–H groups in total. The molecule has 1 aromatic heterocycles. The number of benzene rings is 2. The zero-order chi connectivity index (χ0) is 15.1. The van der Waals surface area contributed by atoms with Crippen molar-refractivity contribution in [3.63, 3.8) is 0 Å². The number of rotatable bonds is 2. The van der Waals surface area contributed by atoms with E-state index < -0.39 is 5.82 Å². The summed E-state index contributed by atoms with van der Waals surface area (Å²) in [4.78, 5) is 4.50. The van der Waals surface area contributed by atoms with Crippen molar-refractivity contribution in [2.75, 3.05) is 0 Å². The van der Waals surface area contributed by atoms with Crippen molar-refractivity contribution in [1.29, 1.82) is 0 Å². The van der Waals surface area contributed by atoms with E-state index in [-0.39, 0.29) is 10.4 Å². The lowest BCUT2D eigenvalue weighted by atomic mass is 10.2. The monoisotopic (exact) mass is 386 g/mol. The maximum absolute atomic E-state index is 14.4. The first-order valence-electron chi connectivity index (χ1n) is 6.25. The summed E-state index contributed by atoms with van der Waals surface area (Å²) in [6, 6.07) is 10.5. The van der Waals surface area contributed by atoms with Crippen LogP contribution in [0.25, 0.3) is 16.7 Å². The van der Waals surface area contributed by atoms with Gasteiger partial charge in [0.2, 0.25) is 0 Å². The van der Waals surface area contributed by atoms with E-state index in [4.69, 9.17) is 23.2 Å². The molecule has 0 aliphatic rings. The molecule has 108 valence electrons.